The average molecular weight is 327 g/mol. The molecule has 1 aliphatic heterocycles. The van der Waals surface area contributed by atoms with Crippen LogP contribution in [0.15, 0.2) is 54.6 Å². The first-order valence-electron chi connectivity index (χ1n) is 8.29. The second-order valence-electron chi connectivity index (χ2n) is 5.90. The molecule has 0 saturated carbocycles. The number of amides is 1. The molecule has 1 saturated heterocycles. The van der Waals surface area contributed by atoms with Crippen molar-refractivity contribution in [2.24, 2.45) is 0 Å². The molecular weight excluding hydrogens is 305 g/mol. The Labute approximate surface area is 141 Å². The number of para-hydroxylation sites is 1. The summed E-state index contributed by atoms with van der Waals surface area (Å²) < 4.78 is 13.8. The molecule has 0 aliphatic carbocycles. The van der Waals surface area contributed by atoms with Crippen molar-refractivity contribution in [2.45, 2.75) is 0 Å². The maximum Gasteiger partial charge on any atom is 0.251 e. The van der Waals surface area contributed by atoms with Gasteiger partial charge in [0.05, 0.1) is 5.69 Å². The van der Waals surface area contributed by atoms with E-state index in [1.54, 1.807) is 6.07 Å². The van der Waals surface area contributed by atoms with E-state index in [2.05, 4.69) is 15.1 Å². The summed E-state index contributed by atoms with van der Waals surface area (Å²) in [7, 11) is 0. The van der Waals surface area contributed by atoms with Crippen molar-refractivity contribution < 1.29 is 9.18 Å². The Kier molecular flexibility index (Phi) is 5.43. The van der Waals surface area contributed by atoms with Crippen molar-refractivity contribution in [2.75, 3.05) is 44.2 Å². The van der Waals surface area contributed by atoms with E-state index in [-0.39, 0.29) is 11.7 Å². The number of nitrogens with one attached hydrogen (secondary N) is 1. The third kappa shape index (κ3) is 4.11. The van der Waals surface area contributed by atoms with Gasteiger partial charge in [-0.15, -0.1) is 0 Å². The summed E-state index contributed by atoms with van der Waals surface area (Å²) in [5, 5.41) is 2.94. The lowest BCUT2D eigenvalue weighted by Crippen LogP contribution is -2.48. The monoisotopic (exact) mass is 327 g/mol. The predicted molar refractivity (Wildman–Crippen MR) is 93.8 cm³/mol. The first kappa shape index (κ1) is 16.5. The molecule has 1 amide bonds. The highest BCUT2D eigenvalue weighted by molar-refractivity contribution is 5.94. The zero-order valence-electron chi connectivity index (χ0n) is 13.6. The van der Waals surface area contributed by atoms with Crippen LogP contribution in [0.3, 0.4) is 0 Å². The number of hydrogen-bond acceptors (Lipinski definition) is 3. The van der Waals surface area contributed by atoms with E-state index < -0.39 is 0 Å². The highest BCUT2D eigenvalue weighted by Crippen LogP contribution is 2.19. The minimum Gasteiger partial charge on any atom is -0.367 e. The first-order valence-corrected chi connectivity index (χ1v) is 8.29. The van der Waals surface area contributed by atoms with E-state index in [1.807, 2.05) is 42.5 Å². The van der Waals surface area contributed by atoms with Gasteiger partial charge >= 0.3 is 0 Å². The Morgan fingerprint density at radius 1 is 0.958 bits per heavy atom. The van der Waals surface area contributed by atoms with E-state index in [4.69, 9.17) is 0 Å². The van der Waals surface area contributed by atoms with Crippen LogP contribution < -0.4 is 10.2 Å². The third-order valence-corrected chi connectivity index (χ3v) is 4.31. The highest BCUT2D eigenvalue weighted by atomic mass is 19.1. The highest BCUT2D eigenvalue weighted by Gasteiger charge is 2.19. The number of nitrogens with zero attached hydrogens (tertiary/aromatic N) is 2. The molecule has 2 aromatic carbocycles. The molecule has 0 unspecified atom stereocenters. The maximum absolute atomic E-state index is 13.8. The molecule has 1 N–H and O–H groups in total. The second kappa shape index (κ2) is 7.93. The fourth-order valence-corrected chi connectivity index (χ4v) is 2.94. The topological polar surface area (TPSA) is 35.6 Å². The standard InChI is InChI=1S/C19H22FN3O/c20-17-8-4-5-9-18(17)23-14-12-22(13-15-23)11-10-21-19(24)16-6-2-1-3-7-16/h1-9H,10-15H2,(H,21,24). The number of piperazine rings is 1. The van der Waals surface area contributed by atoms with Gasteiger partial charge < -0.3 is 10.2 Å². The number of hydrogen-bond donors (Lipinski definition) is 1. The van der Waals surface area contributed by atoms with E-state index in [0.717, 1.165) is 32.7 Å². The number of carbonyl (C=O) groups excluding carboxylic acids is 1. The van der Waals surface area contributed by atoms with E-state index in [0.29, 0.717) is 17.8 Å². The van der Waals surface area contributed by atoms with Crippen LogP contribution in [-0.2, 0) is 0 Å². The minimum absolute atomic E-state index is 0.0411. The van der Waals surface area contributed by atoms with Gasteiger partial charge in [-0.1, -0.05) is 30.3 Å². The fraction of sp³-hybridized carbons (Fsp3) is 0.316. The quantitative estimate of drug-likeness (QED) is 0.916. The van der Waals surface area contributed by atoms with E-state index >= 15 is 0 Å². The molecular formula is C19H22FN3O. The lowest BCUT2D eigenvalue weighted by Gasteiger charge is -2.36. The van der Waals surface area contributed by atoms with Crippen LogP contribution in [0.1, 0.15) is 10.4 Å². The molecule has 1 aliphatic rings. The number of benzene rings is 2. The Morgan fingerprint density at radius 3 is 2.33 bits per heavy atom. The van der Waals surface area contributed by atoms with E-state index in [1.165, 1.54) is 6.07 Å². The van der Waals surface area contributed by atoms with Crippen molar-refractivity contribution in [3.63, 3.8) is 0 Å². The molecule has 1 fully saturated rings. The van der Waals surface area contributed by atoms with Gasteiger partial charge in [0, 0.05) is 44.8 Å². The zero-order valence-corrected chi connectivity index (χ0v) is 13.6. The number of halogens is 1. The van der Waals surface area contributed by atoms with Crippen LogP contribution >= 0.6 is 0 Å². The van der Waals surface area contributed by atoms with Crippen LogP contribution in [0.25, 0.3) is 0 Å². The number of anilines is 1. The summed E-state index contributed by atoms with van der Waals surface area (Å²) in [4.78, 5) is 16.4. The summed E-state index contributed by atoms with van der Waals surface area (Å²) >= 11 is 0. The summed E-state index contributed by atoms with van der Waals surface area (Å²) in [6.45, 7) is 4.77. The first-order chi connectivity index (χ1) is 11.7. The fourth-order valence-electron chi connectivity index (χ4n) is 2.94. The van der Waals surface area contributed by atoms with Crippen LogP contribution in [0.2, 0.25) is 0 Å². The summed E-state index contributed by atoms with van der Waals surface area (Å²) in [5.41, 5.74) is 1.36. The van der Waals surface area contributed by atoms with Gasteiger partial charge in [-0.2, -0.15) is 0 Å². The second-order valence-corrected chi connectivity index (χ2v) is 5.90. The van der Waals surface area contributed by atoms with Gasteiger partial charge in [0.1, 0.15) is 5.82 Å². The lowest BCUT2D eigenvalue weighted by atomic mass is 10.2. The molecule has 24 heavy (non-hydrogen) atoms. The molecule has 0 spiro atoms. The van der Waals surface area contributed by atoms with Crippen LogP contribution in [0, 0.1) is 5.82 Å². The van der Waals surface area contributed by atoms with Crippen molar-refractivity contribution in [3.8, 4) is 0 Å². The van der Waals surface area contributed by atoms with Crippen LogP contribution in [0.5, 0.6) is 0 Å². The molecule has 0 atom stereocenters. The zero-order chi connectivity index (χ0) is 16.8. The molecule has 3 rings (SSSR count). The molecule has 0 bridgehead atoms. The summed E-state index contributed by atoms with van der Waals surface area (Å²) in [6.07, 6.45) is 0. The van der Waals surface area contributed by atoms with E-state index in [9.17, 15) is 9.18 Å². The number of carbonyl (C=O) groups is 1. The lowest BCUT2D eigenvalue weighted by molar-refractivity contribution is 0.0947. The average Bonchev–Trinajstić information content (AvgIpc) is 2.63. The Balaban J connectivity index is 1.41. The molecule has 126 valence electrons. The minimum atomic E-state index is -0.166. The normalized spacial score (nSPS) is 15.3. The predicted octanol–water partition coefficient (Wildman–Crippen LogP) is 2.38. The maximum atomic E-state index is 13.8. The van der Waals surface area contributed by atoms with Crippen molar-refractivity contribution in [1.82, 2.24) is 10.2 Å². The molecule has 0 aromatic heterocycles. The van der Waals surface area contributed by atoms with Gasteiger partial charge in [0.15, 0.2) is 0 Å². The van der Waals surface area contributed by atoms with Crippen LogP contribution in [0.4, 0.5) is 10.1 Å². The Bertz CT molecular complexity index is 669. The molecule has 4 nitrogen and oxygen atoms in total. The van der Waals surface area contributed by atoms with Crippen LogP contribution in [-0.4, -0.2) is 50.1 Å². The SMILES string of the molecule is O=C(NCCN1CCN(c2ccccc2F)CC1)c1ccccc1. The Hall–Kier alpha value is -2.40. The van der Waals surface area contributed by atoms with Gasteiger partial charge in [0.25, 0.3) is 5.91 Å². The third-order valence-electron chi connectivity index (χ3n) is 4.31. The molecule has 2 aromatic rings. The molecule has 0 radical (unpaired) electrons. The van der Waals surface area contributed by atoms with Crippen molar-refractivity contribution in [1.29, 1.82) is 0 Å². The molecule has 5 heteroatoms. The van der Waals surface area contributed by atoms with Crippen molar-refractivity contribution in [3.05, 3.63) is 66.0 Å². The summed E-state index contributed by atoms with van der Waals surface area (Å²) in [5.74, 6) is -0.207. The molecule has 1 heterocycles. The van der Waals surface area contributed by atoms with Crippen molar-refractivity contribution >= 4 is 11.6 Å². The van der Waals surface area contributed by atoms with Gasteiger partial charge in [-0.3, -0.25) is 9.69 Å². The number of rotatable bonds is 5. The van der Waals surface area contributed by atoms with Gasteiger partial charge in [-0.25, -0.2) is 4.39 Å². The summed E-state index contributed by atoms with van der Waals surface area (Å²) in [6, 6.07) is 16.1. The largest absolute Gasteiger partial charge is 0.367 e. The smallest absolute Gasteiger partial charge is 0.251 e. The van der Waals surface area contributed by atoms with Gasteiger partial charge in [0.2, 0.25) is 0 Å². The Morgan fingerprint density at radius 2 is 1.62 bits per heavy atom. The van der Waals surface area contributed by atoms with Gasteiger partial charge in [-0.05, 0) is 24.3 Å².